The zero-order chi connectivity index (χ0) is 22.5. The predicted molar refractivity (Wildman–Crippen MR) is 127 cm³/mol. The second kappa shape index (κ2) is 9.78. The van der Waals surface area contributed by atoms with Crippen LogP contribution in [0.15, 0.2) is 77.7 Å². The van der Waals surface area contributed by atoms with Gasteiger partial charge in [-0.3, -0.25) is 9.59 Å². The van der Waals surface area contributed by atoms with Crippen LogP contribution in [0.2, 0.25) is 0 Å². The third-order valence-corrected chi connectivity index (χ3v) is 6.55. The molecule has 3 aromatic carbocycles. The molecule has 0 radical (unpaired) electrons. The summed E-state index contributed by atoms with van der Waals surface area (Å²) in [6.45, 7) is -0.0665. The Labute approximate surface area is 191 Å². The van der Waals surface area contributed by atoms with Crippen molar-refractivity contribution in [2.45, 2.75) is 16.6 Å². The van der Waals surface area contributed by atoms with Crippen LogP contribution in [0.4, 0.5) is 11.4 Å². The Kier molecular flexibility index (Phi) is 6.66. The summed E-state index contributed by atoms with van der Waals surface area (Å²) in [6.07, 6.45) is 0.290. The van der Waals surface area contributed by atoms with Gasteiger partial charge in [-0.15, -0.1) is 11.8 Å². The molecule has 1 heterocycles. The quantitative estimate of drug-likeness (QED) is 0.580. The van der Waals surface area contributed by atoms with E-state index in [4.69, 9.17) is 9.47 Å². The first kappa shape index (κ1) is 21.8. The van der Waals surface area contributed by atoms with E-state index in [2.05, 4.69) is 5.32 Å². The lowest BCUT2D eigenvalue weighted by Crippen LogP contribution is -2.38. The van der Waals surface area contributed by atoms with Gasteiger partial charge in [-0.2, -0.15) is 0 Å². The molecule has 0 spiro atoms. The lowest BCUT2D eigenvalue weighted by atomic mass is 10.1. The summed E-state index contributed by atoms with van der Waals surface area (Å²) in [7, 11) is 3.20. The molecule has 3 aromatic rings. The molecule has 1 N–H and O–H groups in total. The SMILES string of the molecule is COc1ccc([C@H]2CC(=O)N(CC(=O)Nc3cccc(OC)c3)c3ccccc3S2)cc1. The minimum atomic E-state index is -0.269. The molecule has 1 aliphatic rings. The molecule has 4 rings (SSSR count). The topological polar surface area (TPSA) is 67.9 Å². The van der Waals surface area contributed by atoms with Crippen LogP contribution < -0.4 is 19.7 Å². The monoisotopic (exact) mass is 448 g/mol. The number of para-hydroxylation sites is 1. The fourth-order valence-electron chi connectivity index (χ4n) is 3.60. The number of thioether (sulfide) groups is 1. The van der Waals surface area contributed by atoms with Gasteiger partial charge in [-0.1, -0.05) is 30.3 Å². The molecule has 0 aliphatic carbocycles. The lowest BCUT2D eigenvalue weighted by molar-refractivity contribution is -0.121. The predicted octanol–water partition coefficient (Wildman–Crippen LogP) is 4.91. The smallest absolute Gasteiger partial charge is 0.244 e. The van der Waals surface area contributed by atoms with Gasteiger partial charge in [0, 0.05) is 28.3 Å². The molecular formula is C25H24N2O4S. The number of amides is 2. The highest BCUT2D eigenvalue weighted by molar-refractivity contribution is 7.99. The Bertz CT molecular complexity index is 1120. The number of carbonyl (C=O) groups excluding carboxylic acids is 2. The maximum Gasteiger partial charge on any atom is 0.244 e. The number of hydrogen-bond acceptors (Lipinski definition) is 5. The number of benzene rings is 3. The van der Waals surface area contributed by atoms with Crippen molar-refractivity contribution in [2.24, 2.45) is 0 Å². The van der Waals surface area contributed by atoms with E-state index >= 15 is 0 Å². The maximum absolute atomic E-state index is 13.3. The van der Waals surface area contributed by atoms with Crippen LogP contribution in [0.25, 0.3) is 0 Å². The van der Waals surface area contributed by atoms with Crippen LogP contribution in [0.5, 0.6) is 11.5 Å². The Morgan fingerprint density at radius 1 is 1.00 bits per heavy atom. The summed E-state index contributed by atoms with van der Waals surface area (Å²) in [5.41, 5.74) is 2.41. The largest absolute Gasteiger partial charge is 0.497 e. The molecule has 0 saturated carbocycles. The van der Waals surface area contributed by atoms with E-state index in [1.807, 2.05) is 48.5 Å². The molecule has 1 aliphatic heterocycles. The molecule has 0 aromatic heterocycles. The number of methoxy groups -OCH3 is 2. The van der Waals surface area contributed by atoms with Crippen molar-refractivity contribution in [3.8, 4) is 11.5 Å². The highest BCUT2D eigenvalue weighted by Gasteiger charge is 2.30. The number of rotatable bonds is 6. The highest BCUT2D eigenvalue weighted by Crippen LogP contribution is 2.45. The van der Waals surface area contributed by atoms with Crippen molar-refractivity contribution in [1.82, 2.24) is 0 Å². The average Bonchev–Trinajstić information content (AvgIpc) is 2.95. The van der Waals surface area contributed by atoms with Gasteiger partial charge in [0.05, 0.1) is 19.9 Å². The number of ether oxygens (including phenoxy) is 2. The summed E-state index contributed by atoms with van der Waals surface area (Å²) in [5.74, 6) is 1.06. The van der Waals surface area contributed by atoms with Crippen molar-refractivity contribution in [3.05, 3.63) is 78.4 Å². The Hall–Kier alpha value is -3.45. The van der Waals surface area contributed by atoms with Crippen molar-refractivity contribution in [1.29, 1.82) is 0 Å². The number of carbonyl (C=O) groups is 2. The third kappa shape index (κ3) is 4.89. The summed E-state index contributed by atoms with van der Waals surface area (Å²) in [6, 6.07) is 22.6. The zero-order valence-corrected chi connectivity index (χ0v) is 18.7. The molecule has 2 amide bonds. The van der Waals surface area contributed by atoms with E-state index in [9.17, 15) is 9.59 Å². The molecular weight excluding hydrogens is 424 g/mol. The molecule has 6 nitrogen and oxygen atoms in total. The standard InChI is InChI=1S/C25H24N2O4S/c1-30-19-12-10-17(11-13-19)23-15-25(29)27(21-8-3-4-9-22(21)32-23)16-24(28)26-18-6-5-7-20(14-18)31-2/h3-14,23H,15-16H2,1-2H3,(H,26,28)/t23-/m1/s1. The zero-order valence-electron chi connectivity index (χ0n) is 17.9. The fourth-order valence-corrected chi connectivity index (χ4v) is 4.88. The van der Waals surface area contributed by atoms with Crippen LogP contribution >= 0.6 is 11.8 Å². The van der Waals surface area contributed by atoms with Gasteiger partial charge in [0.25, 0.3) is 0 Å². The third-order valence-electron chi connectivity index (χ3n) is 5.23. The van der Waals surface area contributed by atoms with E-state index in [0.717, 1.165) is 21.9 Å². The second-order valence-corrected chi connectivity index (χ2v) is 8.56. The number of hydrogen-bond donors (Lipinski definition) is 1. The fraction of sp³-hybridized carbons (Fsp3) is 0.200. The van der Waals surface area contributed by atoms with Gasteiger partial charge in [-0.05, 0) is 42.0 Å². The Morgan fingerprint density at radius 3 is 2.50 bits per heavy atom. The molecule has 1 atom stereocenters. The molecule has 0 unspecified atom stereocenters. The average molecular weight is 449 g/mol. The summed E-state index contributed by atoms with van der Waals surface area (Å²) in [4.78, 5) is 28.6. The van der Waals surface area contributed by atoms with E-state index in [1.165, 1.54) is 0 Å². The van der Waals surface area contributed by atoms with Gasteiger partial charge >= 0.3 is 0 Å². The first-order chi connectivity index (χ1) is 15.6. The summed E-state index contributed by atoms with van der Waals surface area (Å²) >= 11 is 1.64. The van der Waals surface area contributed by atoms with E-state index in [-0.39, 0.29) is 30.0 Å². The van der Waals surface area contributed by atoms with Gasteiger partial charge in [0.1, 0.15) is 18.0 Å². The summed E-state index contributed by atoms with van der Waals surface area (Å²) in [5, 5.41) is 2.80. The molecule has 7 heteroatoms. The molecule has 164 valence electrons. The van der Waals surface area contributed by atoms with E-state index < -0.39 is 0 Å². The Balaban J connectivity index is 1.56. The number of fused-ring (bicyclic) bond motifs is 1. The molecule has 32 heavy (non-hydrogen) atoms. The van der Waals surface area contributed by atoms with Crippen molar-refractivity contribution < 1.29 is 19.1 Å². The van der Waals surface area contributed by atoms with Crippen molar-refractivity contribution in [2.75, 3.05) is 31.0 Å². The van der Waals surface area contributed by atoms with Crippen LogP contribution in [0.3, 0.4) is 0 Å². The Morgan fingerprint density at radius 2 is 1.75 bits per heavy atom. The molecule has 0 bridgehead atoms. The van der Waals surface area contributed by atoms with Crippen LogP contribution in [0, 0.1) is 0 Å². The van der Waals surface area contributed by atoms with Crippen LogP contribution in [-0.2, 0) is 9.59 Å². The minimum Gasteiger partial charge on any atom is -0.497 e. The number of anilines is 2. The van der Waals surface area contributed by atoms with E-state index in [1.54, 1.807) is 55.1 Å². The summed E-state index contributed by atoms with van der Waals surface area (Å²) < 4.78 is 10.5. The first-order valence-corrected chi connectivity index (χ1v) is 11.1. The van der Waals surface area contributed by atoms with Crippen LogP contribution in [-0.4, -0.2) is 32.6 Å². The van der Waals surface area contributed by atoms with E-state index in [0.29, 0.717) is 11.4 Å². The van der Waals surface area contributed by atoms with Gasteiger partial charge in [0.2, 0.25) is 11.8 Å². The first-order valence-electron chi connectivity index (χ1n) is 10.2. The molecule has 0 saturated heterocycles. The second-order valence-electron chi connectivity index (χ2n) is 7.31. The molecule has 0 fully saturated rings. The van der Waals surface area contributed by atoms with Gasteiger partial charge < -0.3 is 19.7 Å². The van der Waals surface area contributed by atoms with Crippen molar-refractivity contribution in [3.63, 3.8) is 0 Å². The van der Waals surface area contributed by atoms with Crippen LogP contribution in [0.1, 0.15) is 17.2 Å². The highest BCUT2D eigenvalue weighted by atomic mass is 32.2. The number of nitrogens with one attached hydrogen (secondary N) is 1. The van der Waals surface area contributed by atoms with Gasteiger partial charge in [-0.25, -0.2) is 0 Å². The lowest BCUT2D eigenvalue weighted by Gasteiger charge is -2.22. The maximum atomic E-state index is 13.3. The minimum absolute atomic E-state index is 0.0546. The normalized spacial score (nSPS) is 15.5. The number of nitrogens with zero attached hydrogens (tertiary/aromatic N) is 1. The van der Waals surface area contributed by atoms with Gasteiger partial charge in [0.15, 0.2) is 0 Å². The van der Waals surface area contributed by atoms with Crippen molar-refractivity contribution >= 4 is 35.0 Å².